The van der Waals surface area contributed by atoms with E-state index in [1.165, 1.54) is 36.9 Å². The van der Waals surface area contributed by atoms with Crippen LogP contribution in [0.5, 0.6) is 0 Å². The Morgan fingerprint density at radius 1 is 1.05 bits per heavy atom. The van der Waals surface area contributed by atoms with E-state index < -0.39 is 0 Å². The molecule has 0 bridgehead atoms. The van der Waals surface area contributed by atoms with Crippen molar-refractivity contribution in [3.05, 3.63) is 29.8 Å². The first kappa shape index (κ1) is 14.4. The van der Waals surface area contributed by atoms with E-state index in [0.29, 0.717) is 6.04 Å². The summed E-state index contributed by atoms with van der Waals surface area (Å²) in [4.78, 5) is 0. The molecule has 0 spiro atoms. The zero-order valence-electron chi connectivity index (χ0n) is 12.6. The third kappa shape index (κ3) is 4.24. The van der Waals surface area contributed by atoms with Gasteiger partial charge in [0.05, 0.1) is 0 Å². The van der Waals surface area contributed by atoms with Gasteiger partial charge in [0.25, 0.3) is 0 Å². The lowest BCUT2D eigenvalue weighted by atomic mass is 9.86. The van der Waals surface area contributed by atoms with Crippen LogP contribution in [0.3, 0.4) is 0 Å². The summed E-state index contributed by atoms with van der Waals surface area (Å²) in [7, 11) is 0. The van der Waals surface area contributed by atoms with Gasteiger partial charge in [-0.05, 0) is 54.7 Å². The molecule has 0 amide bonds. The van der Waals surface area contributed by atoms with Gasteiger partial charge in [0.2, 0.25) is 0 Å². The van der Waals surface area contributed by atoms with Crippen molar-refractivity contribution in [1.29, 1.82) is 0 Å². The molecule has 1 aliphatic carbocycles. The summed E-state index contributed by atoms with van der Waals surface area (Å²) in [5.74, 6) is 0.794. The molecule has 1 aromatic carbocycles. The second kappa shape index (κ2) is 5.96. The van der Waals surface area contributed by atoms with Crippen LogP contribution in [-0.2, 0) is 5.41 Å². The fourth-order valence-corrected chi connectivity index (χ4v) is 2.74. The molecule has 1 aliphatic rings. The summed E-state index contributed by atoms with van der Waals surface area (Å²) in [5.41, 5.74) is 8.80. The number of benzene rings is 1. The van der Waals surface area contributed by atoms with Crippen LogP contribution in [0, 0.1) is 5.92 Å². The molecule has 0 atom stereocenters. The van der Waals surface area contributed by atoms with E-state index in [1.807, 2.05) is 0 Å². The van der Waals surface area contributed by atoms with Crippen LogP contribution in [0.2, 0.25) is 0 Å². The number of rotatable bonds is 3. The molecule has 2 nitrogen and oxygen atoms in total. The molecule has 1 aromatic rings. The van der Waals surface area contributed by atoms with Crippen LogP contribution in [-0.4, -0.2) is 12.6 Å². The number of nitrogens with two attached hydrogens (primary N) is 1. The van der Waals surface area contributed by atoms with E-state index in [2.05, 4.69) is 50.4 Å². The van der Waals surface area contributed by atoms with Crippen molar-refractivity contribution in [3.63, 3.8) is 0 Å². The molecule has 0 heterocycles. The van der Waals surface area contributed by atoms with Crippen LogP contribution in [0.1, 0.15) is 52.0 Å². The Bertz CT molecular complexity index is 381. The van der Waals surface area contributed by atoms with Gasteiger partial charge in [0, 0.05) is 18.3 Å². The summed E-state index contributed by atoms with van der Waals surface area (Å²) in [6.45, 7) is 7.84. The van der Waals surface area contributed by atoms with Gasteiger partial charge in [-0.3, -0.25) is 0 Å². The Labute approximate surface area is 117 Å². The zero-order valence-corrected chi connectivity index (χ0v) is 12.6. The van der Waals surface area contributed by atoms with E-state index in [-0.39, 0.29) is 5.41 Å². The average Bonchev–Trinajstić information content (AvgIpc) is 2.37. The van der Waals surface area contributed by atoms with Gasteiger partial charge in [-0.15, -0.1) is 0 Å². The van der Waals surface area contributed by atoms with E-state index in [4.69, 9.17) is 5.73 Å². The van der Waals surface area contributed by atoms with E-state index in [9.17, 15) is 0 Å². The Kier molecular flexibility index (Phi) is 4.51. The van der Waals surface area contributed by atoms with Gasteiger partial charge in [-0.2, -0.15) is 0 Å². The SMILES string of the molecule is CC(C)(C)c1ccc(NC[C@H]2CC[C@H](N)CC2)cc1. The van der Waals surface area contributed by atoms with Gasteiger partial charge in [0.15, 0.2) is 0 Å². The van der Waals surface area contributed by atoms with Gasteiger partial charge >= 0.3 is 0 Å². The summed E-state index contributed by atoms with van der Waals surface area (Å²) in [5, 5.41) is 3.57. The largest absolute Gasteiger partial charge is 0.385 e. The molecule has 106 valence electrons. The average molecular weight is 260 g/mol. The second-order valence-electron chi connectivity index (χ2n) is 6.99. The molecule has 0 radical (unpaired) electrons. The molecule has 0 saturated heterocycles. The van der Waals surface area contributed by atoms with Crippen molar-refractivity contribution >= 4 is 5.69 Å². The Balaban J connectivity index is 1.83. The van der Waals surface area contributed by atoms with Crippen molar-refractivity contribution in [2.24, 2.45) is 11.7 Å². The van der Waals surface area contributed by atoms with Crippen molar-refractivity contribution in [2.45, 2.75) is 57.9 Å². The summed E-state index contributed by atoms with van der Waals surface area (Å²) < 4.78 is 0. The minimum Gasteiger partial charge on any atom is -0.385 e. The van der Waals surface area contributed by atoms with Crippen LogP contribution in [0.4, 0.5) is 5.69 Å². The highest BCUT2D eigenvalue weighted by atomic mass is 14.9. The van der Waals surface area contributed by atoms with Crippen LogP contribution in [0.15, 0.2) is 24.3 Å². The van der Waals surface area contributed by atoms with Crippen molar-refractivity contribution in [3.8, 4) is 0 Å². The summed E-state index contributed by atoms with van der Waals surface area (Å²) >= 11 is 0. The molecule has 0 aliphatic heterocycles. The fourth-order valence-electron chi connectivity index (χ4n) is 2.74. The van der Waals surface area contributed by atoms with Crippen LogP contribution < -0.4 is 11.1 Å². The van der Waals surface area contributed by atoms with Crippen molar-refractivity contribution in [2.75, 3.05) is 11.9 Å². The summed E-state index contributed by atoms with van der Waals surface area (Å²) in [6.07, 6.45) is 4.92. The number of hydrogen-bond donors (Lipinski definition) is 2. The highest BCUT2D eigenvalue weighted by Crippen LogP contribution is 2.25. The lowest BCUT2D eigenvalue weighted by molar-refractivity contribution is 0.339. The van der Waals surface area contributed by atoms with Crippen LogP contribution >= 0.6 is 0 Å². The molecule has 1 fully saturated rings. The Morgan fingerprint density at radius 2 is 1.63 bits per heavy atom. The minimum absolute atomic E-state index is 0.234. The monoisotopic (exact) mass is 260 g/mol. The summed E-state index contributed by atoms with van der Waals surface area (Å²) in [6, 6.07) is 9.32. The standard InChI is InChI=1S/C17H28N2/c1-17(2,3)14-6-10-16(11-7-14)19-12-13-4-8-15(18)9-5-13/h6-7,10-11,13,15,19H,4-5,8-9,12,18H2,1-3H3/t13-,15-. The molecule has 2 heteroatoms. The molecule has 19 heavy (non-hydrogen) atoms. The normalized spacial score (nSPS) is 24.2. The van der Waals surface area contributed by atoms with E-state index >= 15 is 0 Å². The first-order valence-electron chi connectivity index (χ1n) is 7.55. The van der Waals surface area contributed by atoms with Crippen molar-refractivity contribution in [1.82, 2.24) is 0 Å². The van der Waals surface area contributed by atoms with Gasteiger partial charge in [0.1, 0.15) is 0 Å². The quantitative estimate of drug-likeness (QED) is 0.864. The third-order valence-corrected chi connectivity index (χ3v) is 4.24. The molecule has 2 rings (SSSR count). The fraction of sp³-hybridized carbons (Fsp3) is 0.647. The maximum atomic E-state index is 5.94. The van der Waals surface area contributed by atoms with Gasteiger partial charge < -0.3 is 11.1 Å². The molecular formula is C17H28N2. The highest BCUT2D eigenvalue weighted by Gasteiger charge is 2.18. The minimum atomic E-state index is 0.234. The third-order valence-electron chi connectivity index (χ3n) is 4.24. The second-order valence-corrected chi connectivity index (χ2v) is 6.99. The number of anilines is 1. The first-order chi connectivity index (χ1) is 8.95. The molecule has 0 aromatic heterocycles. The lowest BCUT2D eigenvalue weighted by Crippen LogP contribution is -2.29. The maximum Gasteiger partial charge on any atom is 0.0340 e. The molecule has 0 unspecified atom stereocenters. The first-order valence-corrected chi connectivity index (χ1v) is 7.55. The smallest absolute Gasteiger partial charge is 0.0340 e. The number of hydrogen-bond acceptors (Lipinski definition) is 2. The molecular weight excluding hydrogens is 232 g/mol. The maximum absolute atomic E-state index is 5.94. The number of nitrogens with one attached hydrogen (secondary N) is 1. The zero-order chi connectivity index (χ0) is 13.9. The van der Waals surface area contributed by atoms with E-state index in [1.54, 1.807) is 0 Å². The predicted octanol–water partition coefficient (Wildman–Crippen LogP) is 3.91. The predicted molar refractivity (Wildman–Crippen MR) is 83.6 cm³/mol. The lowest BCUT2D eigenvalue weighted by Gasteiger charge is -2.26. The Morgan fingerprint density at radius 3 is 2.16 bits per heavy atom. The van der Waals surface area contributed by atoms with Crippen LogP contribution in [0.25, 0.3) is 0 Å². The molecule has 1 saturated carbocycles. The van der Waals surface area contributed by atoms with Crippen molar-refractivity contribution < 1.29 is 0 Å². The highest BCUT2D eigenvalue weighted by molar-refractivity contribution is 5.45. The Hall–Kier alpha value is -1.02. The molecule has 3 N–H and O–H groups in total. The van der Waals surface area contributed by atoms with Gasteiger partial charge in [-0.1, -0.05) is 32.9 Å². The van der Waals surface area contributed by atoms with Gasteiger partial charge in [-0.25, -0.2) is 0 Å². The topological polar surface area (TPSA) is 38.0 Å². The van der Waals surface area contributed by atoms with E-state index in [0.717, 1.165) is 12.5 Å².